The minimum atomic E-state index is 0.764. The Morgan fingerprint density at radius 2 is 2.40 bits per heavy atom. The first-order valence-electron chi connectivity index (χ1n) is 4.13. The summed E-state index contributed by atoms with van der Waals surface area (Å²) in [5.74, 6) is 0.764. The van der Waals surface area contributed by atoms with E-state index in [0.717, 1.165) is 5.92 Å². The molecule has 0 amide bonds. The Morgan fingerprint density at radius 3 is 3.00 bits per heavy atom. The van der Waals surface area contributed by atoms with E-state index in [1.54, 1.807) is 5.57 Å². The molecule has 0 heterocycles. The van der Waals surface area contributed by atoms with E-state index in [2.05, 4.69) is 25.7 Å². The SMILES string of the molecule is C=CC1CCC/C(=C/C)C1. The average Bonchev–Trinajstić information content (AvgIpc) is 2.05. The molecule has 0 aromatic rings. The van der Waals surface area contributed by atoms with Gasteiger partial charge in [0, 0.05) is 0 Å². The zero-order valence-corrected chi connectivity index (χ0v) is 6.77. The standard InChI is InChI=1S/C10H16/c1-3-9-6-5-7-10(4-2)8-9/h3-4,9H,1,5-8H2,2H3/b10-4-. The third kappa shape index (κ3) is 1.73. The van der Waals surface area contributed by atoms with Crippen molar-refractivity contribution in [1.29, 1.82) is 0 Å². The summed E-state index contributed by atoms with van der Waals surface area (Å²) < 4.78 is 0. The molecule has 10 heavy (non-hydrogen) atoms. The molecule has 1 fully saturated rings. The molecule has 0 aliphatic heterocycles. The first-order valence-corrected chi connectivity index (χ1v) is 4.13. The quantitative estimate of drug-likeness (QED) is 0.485. The van der Waals surface area contributed by atoms with Crippen molar-refractivity contribution < 1.29 is 0 Å². The van der Waals surface area contributed by atoms with Crippen LogP contribution in [0.25, 0.3) is 0 Å². The summed E-state index contributed by atoms with van der Waals surface area (Å²) in [6, 6.07) is 0. The summed E-state index contributed by atoms with van der Waals surface area (Å²) in [6.45, 7) is 5.97. The lowest BCUT2D eigenvalue weighted by Crippen LogP contribution is -2.04. The minimum absolute atomic E-state index is 0.764. The third-order valence-electron chi connectivity index (χ3n) is 2.34. The van der Waals surface area contributed by atoms with Crippen molar-refractivity contribution in [3.63, 3.8) is 0 Å². The maximum atomic E-state index is 3.83. The third-order valence-corrected chi connectivity index (χ3v) is 2.34. The summed E-state index contributed by atoms with van der Waals surface area (Å²) in [5, 5.41) is 0. The predicted octanol–water partition coefficient (Wildman–Crippen LogP) is 3.31. The summed E-state index contributed by atoms with van der Waals surface area (Å²) in [4.78, 5) is 0. The van der Waals surface area contributed by atoms with Gasteiger partial charge in [0.25, 0.3) is 0 Å². The molecule has 1 saturated carbocycles. The van der Waals surface area contributed by atoms with Crippen molar-refractivity contribution in [3.8, 4) is 0 Å². The molecule has 0 radical (unpaired) electrons. The molecule has 1 rings (SSSR count). The molecule has 56 valence electrons. The normalized spacial score (nSPS) is 30.5. The van der Waals surface area contributed by atoms with Crippen LogP contribution in [0.1, 0.15) is 32.6 Å². The van der Waals surface area contributed by atoms with Crippen LogP contribution in [0.5, 0.6) is 0 Å². The molecule has 0 aromatic heterocycles. The fraction of sp³-hybridized carbons (Fsp3) is 0.600. The number of hydrogen-bond acceptors (Lipinski definition) is 0. The molecule has 1 aliphatic rings. The van der Waals surface area contributed by atoms with Crippen LogP contribution < -0.4 is 0 Å². The first kappa shape index (κ1) is 7.59. The molecular formula is C10H16. The summed E-state index contributed by atoms with van der Waals surface area (Å²) in [6.07, 6.45) is 9.65. The Kier molecular flexibility index (Phi) is 2.73. The van der Waals surface area contributed by atoms with Gasteiger partial charge < -0.3 is 0 Å². The average molecular weight is 136 g/mol. The number of rotatable bonds is 1. The van der Waals surface area contributed by atoms with Gasteiger partial charge in [0.05, 0.1) is 0 Å². The predicted molar refractivity (Wildman–Crippen MR) is 45.9 cm³/mol. The minimum Gasteiger partial charge on any atom is -0.103 e. The van der Waals surface area contributed by atoms with Crippen molar-refractivity contribution in [2.24, 2.45) is 5.92 Å². The Labute approximate surface area is 63.6 Å². The highest BCUT2D eigenvalue weighted by molar-refractivity contribution is 5.06. The van der Waals surface area contributed by atoms with Crippen LogP contribution in [-0.4, -0.2) is 0 Å². The van der Waals surface area contributed by atoms with E-state index in [-0.39, 0.29) is 0 Å². The molecule has 0 nitrogen and oxygen atoms in total. The highest BCUT2D eigenvalue weighted by atomic mass is 14.2. The van der Waals surface area contributed by atoms with Gasteiger partial charge in [-0.2, -0.15) is 0 Å². The molecule has 0 saturated heterocycles. The molecule has 0 heteroatoms. The topological polar surface area (TPSA) is 0 Å². The van der Waals surface area contributed by atoms with Gasteiger partial charge in [-0.3, -0.25) is 0 Å². The Bertz CT molecular complexity index is 142. The van der Waals surface area contributed by atoms with Gasteiger partial charge in [-0.05, 0) is 38.5 Å². The maximum absolute atomic E-state index is 3.83. The van der Waals surface area contributed by atoms with Gasteiger partial charge in [0.2, 0.25) is 0 Å². The van der Waals surface area contributed by atoms with E-state index >= 15 is 0 Å². The smallest absolute Gasteiger partial charge is 0.0199 e. The lowest BCUT2D eigenvalue weighted by Gasteiger charge is -2.20. The van der Waals surface area contributed by atoms with E-state index in [1.165, 1.54) is 25.7 Å². The summed E-state index contributed by atoms with van der Waals surface area (Å²) >= 11 is 0. The van der Waals surface area contributed by atoms with E-state index in [4.69, 9.17) is 0 Å². The molecule has 1 unspecified atom stereocenters. The molecule has 0 aromatic carbocycles. The van der Waals surface area contributed by atoms with E-state index in [1.807, 2.05) is 0 Å². The molecule has 1 aliphatic carbocycles. The lowest BCUT2D eigenvalue weighted by atomic mass is 9.86. The Hall–Kier alpha value is -0.520. The lowest BCUT2D eigenvalue weighted by molar-refractivity contribution is 0.495. The van der Waals surface area contributed by atoms with Crippen LogP contribution in [-0.2, 0) is 0 Å². The Morgan fingerprint density at radius 1 is 1.60 bits per heavy atom. The molecule has 1 atom stereocenters. The second kappa shape index (κ2) is 3.60. The van der Waals surface area contributed by atoms with Gasteiger partial charge in [-0.25, -0.2) is 0 Å². The van der Waals surface area contributed by atoms with Gasteiger partial charge in [-0.15, -0.1) is 6.58 Å². The monoisotopic (exact) mass is 136 g/mol. The van der Waals surface area contributed by atoms with E-state index < -0.39 is 0 Å². The summed E-state index contributed by atoms with van der Waals surface area (Å²) in [7, 11) is 0. The fourth-order valence-corrected chi connectivity index (χ4v) is 1.60. The van der Waals surface area contributed by atoms with E-state index in [0.29, 0.717) is 0 Å². The summed E-state index contributed by atoms with van der Waals surface area (Å²) in [5.41, 5.74) is 1.62. The molecule has 0 bridgehead atoms. The van der Waals surface area contributed by atoms with Crippen molar-refractivity contribution in [2.75, 3.05) is 0 Å². The van der Waals surface area contributed by atoms with Gasteiger partial charge in [0.1, 0.15) is 0 Å². The van der Waals surface area contributed by atoms with Crippen LogP contribution >= 0.6 is 0 Å². The van der Waals surface area contributed by atoms with Gasteiger partial charge in [-0.1, -0.05) is 17.7 Å². The van der Waals surface area contributed by atoms with Gasteiger partial charge >= 0.3 is 0 Å². The molecule has 0 N–H and O–H groups in total. The van der Waals surface area contributed by atoms with Crippen LogP contribution in [0.3, 0.4) is 0 Å². The van der Waals surface area contributed by atoms with Crippen molar-refractivity contribution in [2.45, 2.75) is 32.6 Å². The molecule has 0 spiro atoms. The fourth-order valence-electron chi connectivity index (χ4n) is 1.60. The van der Waals surface area contributed by atoms with Crippen molar-refractivity contribution in [3.05, 3.63) is 24.3 Å². The van der Waals surface area contributed by atoms with Crippen LogP contribution in [0.4, 0.5) is 0 Å². The highest BCUT2D eigenvalue weighted by Crippen LogP contribution is 2.28. The number of hydrogen-bond donors (Lipinski definition) is 0. The van der Waals surface area contributed by atoms with Crippen molar-refractivity contribution in [1.82, 2.24) is 0 Å². The zero-order valence-electron chi connectivity index (χ0n) is 6.77. The first-order chi connectivity index (χ1) is 4.86. The highest BCUT2D eigenvalue weighted by Gasteiger charge is 2.12. The van der Waals surface area contributed by atoms with E-state index in [9.17, 15) is 0 Å². The van der Waals surface area contributed by atoms with Crippen LogP contribution in [0.15, 0.2) is 24.3 Å². The van der Waals surface area contributed by atoms with Gasteiger partial charge in [0.15, 0.2) is 0 Å². The van der Waals surface area contributed by atoms with Crippen molar-refractivity contribution >= 4 is 0 Å². The molecular weight excluding hydrogens is 120 g/mol. The largest absolute Gasteiger partial charge is 0.103 e. The maximum Gasteiger partial charge on any atom is -0.0199 e. The second-order valence-electron chi connectivity index (χ2n) is 3.04. The zero-order chi connectivity index (χ0) is 7.40. The number of allylic oxidation sites excluding steroid dienone is 3. The second-order valence-corrected chi connectivity index (χ2v) is 3.04. The van der Waals surface area contributed by atoms with Crippen LogP contribution in [0.2, 0.25) is 0 Å². The van der Waals surface area contributed by atoms with Crippen LogP contribution in [0, 0.1) is 5.92 Å². The Balaban J connectivity index is 2.47.